The first-order chi connectivity index (χ1) is 7.80. The van der Waals surface area contributed by atoms with E-state index in [1.807, 2.05) is 30.3 Å². The Kier molecular flexibility index (Phi) is 2.34. The number of ketones is 1. The molecule has 2 aliphatic carbocycles. The Labute approximate surface area is 96.9 Å². The van der Waals surface area contributed by atoms with E-state index in [4.69, 9.17) is 0 Å². The van der Waals surface area contributed by atoms with E-state index in [1.165, 1.54) is 19.3 Å². The van der Waals surface area contributed by atoms with Crippen molar-refractivity contribution in [2.24, 2.45) is 11.3 Å². The van der Waals surface area contributed by atoms with Gasteiger partial charge in [0.15, 0.2) is 5.78 Å². The fourth-order valence-electron chi connectivity index (χ4n) is 3.66. The molecule has 0 radical (unpaired) electrons. The van der Waals surface area contributed by atoms with Gasteiger partial charge in [-0.25, -0.2) is 0 Å². The average molecular weight is 214 g/mol. The molecule has 0 aliphatic heterocycles. The molecule has 0 N–H and O–H groups in total. The van der Waals surface area contributed by atoms with Crippen LogP contribution >= 0.6 is 0 Å². The zero-order valence-electron chi connectivity index (χ0n) is 9.61. The number of hydrogen-bond acceptors (Lipinski definition) is 1. The van der Waals surface area contributed by atoms with Crippen LogP contribution in [0.1, 0.15) is 48.9 Å². The minimum Gasteiger partial charge on any atom is -0.294 e. The molecule has 1 aromatic carbocycles. The highest BCUT2D eigenvalue weighted by molar-refractivity contribution is 6.00. The number of carbonyl (C=O) groups excluding carboxylic acids is 1. The van der Waals surface area contributed by atoms with Crippen LogP contribution in [0.3, 0.4) is 0 Å². The van der Waals surface area contributed by atoms with E-state index in [0.29, 0.717) is 5.78 Å². The zero-order valence-corrected chi connectivity index (χ0v) is 9.61. The molecule has 0 unspecified atom stereocenters. The van der Waals surface area contributed by atoms with Gasteiger partial charge in [-0.3, -0.25) is 4.79 Å². The van der Waals surface area contributed by atoms with Gasteiger partial charge in [-0.05, 0) is 31.6 Å². The molecule has 2 bridgehead atoms. The fraction of sp³-hybridized carbons (Fsp3) is 0.533. The molecule has 1 aromatic rings. The SMILES string of the molecule is O=C(c1ccccc1)[C@]12CCC[C@H](CC1)C2. The van der Waals surface area contributed by atoms with Crippen LogP contribution in [0, 0.1) is 11.3 Å². The summed E-state index contributed by atoms with van der Waals surface area (Å²) in [6, 6.07) is 9.86. The third kappa shape index (κ3) is 1.50. The Morgan fingerprint density at radius 1 is 1.12 bits per heavy atom. The summed E-state index contributed by atoms with van der Waals surface area (Å²) >= 11 is 0. The van der Waals surface area contributed by atoms with Gasteiger partial charge >= 0.3 is 0 Å². The first-order valence-corrected chi connectivity index (χ1v) is 6.40. The summed E-state index contributed by atoms with van der Waals surface area (Å²) in [6.07, 6.45) is 7.29. The van der Waals surface area contributed by atoms with Crippen LogP contribution in [0.4, 0.5) is 0 Å². The highest BCUT2D eigenvalue weighted by atomic mass is 16.1. The number of Topliss-reactive ketones (excluding diaryl/α,β-unsaturated/α-hetero) is 1. The Morgan fingerprint density at radius 2 is 1.94 bits per heavy atom. The van der Waals surface area contributed by atoms with Crippen LogP contribution in [-0.2, 0) is 0 Å². The normalized spacial score (nSPS) is 32.6. The van der Waals surface area contributed by atoms with Crippen molar-refractivity contribution in [3.63, 3.8) is 0 Å². The van der Waals surface area contributed by atoms with E-state index >= 15 is 0 Å². The first kappa shape index (κ1) is 10.1. The molecule has 1 nitrogen and oxygen atoms in total. The lowest BCUT2D eigenvalue weighted by Gasteiger charge is -2.31. The number of carbonyl (C=O) groups is 1. The van der Waals surface area contributed by atoms with E-state index < -0.39 is 0 Å². The predicted molar refractivity (Wildman–Crippen MR) is 64.4 cm³/mol. The zero-order chi connectivity index (χ0) is 11.0. The standard InChI is InChI=1S/C15H18O/c16-14(13-6-2-1-3-7-13)15-9-4-5-12(11-15)8-10-15/h1-3,6-7,12H,4-5,8-11H2/t12-,15-/m1/s1. The maximum atomic E-state index is 12.6. The van der Waals surface area contributed by atoms with Gasteiger partial charge < -0.3 is 0 Å². The van der Waals surface area contributed by atoms with Crippen LogP contribution in [0.2, 0.25) is 0 Å². The molecule has 84 valence electrons. The number of benzene rings is 1. The van der Waals surface area contributed by atoms with Gasteiger partial charge in [0, 0.05) is 11.0 Å². The summed E-state index contributed by atoms with van der Waals surface area (Å²) in [6.45, 7) is 0. The molecule has 0 heterocycles. The van der Waals surface area contributed by atoms with Crippen molar-refractivity contribution in [3.8, 4) is 0 Å². The summed E-state index contributed by atoms with van der Waals surface area (Å²) in [5.41, 5.74) is 0.939. The van der Waals surface area contributed by atoms with Gasteiger partial charge in [0.2, 0.25) is 0 Å². The lowest BCUT2D eigenvalue weighted by atomic mass is 9.71. The molecular weight excluding hydrogens is 196 g/mol. The molecule has 2 saturated carbocycles. The molecule has 2 fully saturated rings. The van der Waals surface area contributed by atoms with Crippen LogP contribution in [0.5, 0.6) is 0 Å². The second kappa shape index (κ2) is 3.73. The number of fused-ring (bicyclic) bond motifs is 2. The second-order valence-electron chi connectivity index (χ2n) is 5.48. The highest BCUT2D eigenvalue weighted by Gasteiger charge is 2.47. The van der Waals surface area contributed by atoms with Crippen LogP contribution in [0.15, 0.2) is 30.3 Å². The molecule has 0 amide bonds. The maximum absolute atomic E-state index is 12.6. The summed E-state index contributed by atoms with van der Waals surface area (Å²) in [7, 11) is 0. The van der Waals surface area contributed by atoms with E-state index in [9.17, 15) is 4.79 Å². The van der Waals surface area contributed by atoms with E-state index in [-0.39, 0.29) is 5.41 Å². The summed E-state index contributed by atoms with van der Waals surface area (Å²) < 4.78 is 0. The van der Waals surface area contributed by atoms with Gasteiger partial charge in [0.25, 0.3) is 0 Å². The lowest BCUT2D eigenvalue weighted by molar-refractivity contribution is 0.0744. The molecule has 1 heteroatoms. The Hall–Kier alpha value is -1.11. The molecule has 0 saturated heterocycles. The highest BCUT2D eigenvalue weighted by Crippen LogP contribution is 2.52. The Bertz CT molecular complexity index is 391. The minimum atomic E-state index is 0.0181. The van der Waals surface area contributed by atoms with E-state index in [1.54, 1.807) is 0 Å². The van der Waals surface area contributed by atoms with Crippen LogP contribution < -0.4 is 0 Å². The largest absolute Gasteiger partial charge is 0.294 e. The topological polar surface area (TPSA) is 17.1 Å². The molecule has 0 aromatic heterocycles. The third-order valence-electron chi connectivity index (χ3n) is 4.50. The van der Waals surface area contributed by atoms with Gasteiger partial charge in [0.05, 0.1) is 0 Å². The van der Waals surface area contributed by atoms with Crippen LogP contribution in [0.25, 0.3) is 0 Å². The van der Waals surface area contributed by atoms with E-state index in [0.717, 1.165) is 30.7 Å². The molecule has 2 aliphatic rings. The van der Waals surface area contributed by atoms with Crippen molar-refractivity contribution in [1.29, 1.82) is 0 Å². The average Bonchev–Trinajstić information content (AvgIpc) is 2.66. The Balaban J connectivity index is 1.90. The minimum absolute atomic E-state index is 0.0181. The van der Waals surface area contributed by atoms with Crippen molar-refractivity contribution in [3.05, 3.63) is 35.9 Å². The molecular formula is C15H18O. The lowest BCUT2D eigenvalue weighted by Crippen LogP contribution is -2.30. The molecule has 16 heavy (non-hydrogen) atoms. The maximum Gasteiger partial charge on any atom is 0.169 e. The fourth-order valence-corrected chi connectivity index (χ4v) is 3.66. The number of hydrogen-bond donors (Lipinski definition) is 0. The predicted octanol–water partition coefficient (Wildman–Crippen LogP) is 3.84. The second-order valence-corrected chi connectivity index (χ2v) is 5.48. The van der Waals surface area contributed by atoms with Crippen molar-refractivity contribution < 1.29 is 4.79 Å². The van der Waals surface area contributed by atoms with Crippen molar-refractivity contribution >= 4 is 5.78 Å². The first-order valence-electron chi connectivity index (χ1n) is 6.40. The van der Waals surface area contributed by atoms with Gasteiger partial charge in [-0.15, -0.1) is 0 Å². The van der Waals surface area contributed by atoms with Crippen molar-refractivity contribution in [2.45, 2.75) is 38.5 Å². The number of rotatable bonds is 2. The van der Waals surface area contributed by atoms with Gasteiger partial charge in [-0.2, -0.15) is 0 Å². The van der Waals surface area contributed by atoms with E-state index in [2.05, 4.69) is 0 Å². The van der Waals surface area contributed by atoms with Gasteiger partial charge in [-0.1, -0.05) is 43.2 Å². The monoisotopic (exact) mass is 214 g/mol. The molecule has 2 atom stereocenters. The molecule has 0 spiro atoms. The smallest absolute Gasteiger partial charge is 0.169 e. The summed E-state index contributed by atoms with van der Waals surface area (Å²) in [5.74, 6) is 1.25. The van der Waals surface area contributed by atoms with Crippen molar-refractivity contribution in [2.75, 3.05) is 0 Å². The van der Waals surface area contributed by atoms with Gasteiger partial charge in [0.1, 0.15) is 0 Å². The summed E-state index contributed by atoms with van der Waals surface area (Å²) in [4.78, 5) is 12.6. The van der Waals surface area contributed by atoms with Crippen molar-refractivity contribution in [1.82, 2.24) is 0 Å². The summed E-state index contributed by atoms with van der Waals surface area (Å²) in [5, 5.41) is 0. The van der Waals surface area contributed by atoms with Crippen LogP contribution in [-0.4, -0.2) is 5.78 Å². The quantitative estimate of drug-likeness (QED) is 0.684. The Morgan fingerprint density at radius 3 is 2.75 bits per heavy atom. The molecule has 3 rings (SSSR count). The third-order valence-corrected chi connectivity index (χ3v) is 4.50.